The van der Waals surface area contributed by atoms with E-state index < -0.39 is 5.60 Å². The molecule has 1 heterocycles. The van der Waals surface area contributed by atoms with Crippen molar-refractivity contribution in [1.82, 2.24) is 10.6 Å². The molecule has 0 spiro atoms. The molecule has 1 aromatic heterocycles. The molecular formula is C16H28N2O2S. The van der Waals surface area contributed by atoms with Crippen LogP contribution in [0.4, 0.5) is 4.79 Å². The van der Waals surface area contributed by atoms with E-state index in [9.17, 15) is 4.79 Å². The molecule has 0 radical (unpaired) electrons. The van der Waals surface area contributed by atoms with Crippen molar-refractivity contribution in [2.45, 2.75) is 65.6 Å². The first kappa shape index (κ1) is 18.0. The predicted molar refractivity (Wildman–Crippen MR) is 88.8 cm³/mol. The van der Waals surface area contributed by atoms with Gasteiger partial charge in [-0.3, -0.25) is 0 Å². The van der Waals surface area contributed by atoms with Crippen molar-refractivity contribution in [3.8, 4) is 0 Å². The Kier molecular flexibility index (Phi) is 7.18. The van der Waals surface area contributed by atoms with Gasteiger partial charge in [0, 0.05) is 28.9 Å². The summed E-state index contributed by atoms with van der Waals surface area (Å²) in [7, 11) is 0. The number of amides is 1. The summed E-state index contributed by atoms with van der Waals surface area (Å²) in [6.07, 6.45) is 1.76. The second-order valence-electron chi connectivity index (χ2n) is 6.26. The van der Waals surface area contributed by atoms with Gasteiger partial charge in [-0.25, -0.2) is 4.79 Å². The molecule has 1 aromatic rings. The maximum atomic E-state index is 11.7. The Bertz CT molecular complexity index is 438. The molecule has 1 atom stereocenters. The lowest BCUT2D eigenvalue weighted by Crippen LogP contribution is -2.42. The van der Waals surface area contributed by atoms with Crippen LogP contribution in [0.1, 0.15) is 50.3 Å². The van der Waals surface area contributed by atoms with E-state index in [0.29, 0.717) is 6.54 Å². The molecule has 0 aliphatic rings. The van der Waals surface area contributed by atoms with Crippen LogP contribution in [-0.2, 0) is 11.3 Å². The first-order valence-electron chi connectivity index (χ1n) is 7.55. The van der Waals surface area contributed by atoms with Crippen molar-refractivity contribution in [3.05, 3.63) is 21.9 Å². The predicted octanol–water partition coefficient (Wildman–Crippen LogP) is 3.84. The maximum absolute atomic E-state index is 11.7. The Hall–Kier alpha value is -1.07. The molecule has 1 unspecified atom stereocenters. The van der Waals surface area contributed by atoms with Gasteiger partial charge in [-0.05, 0) is 46.2 Å². The maximum Gasteiger partial charge on any atom is 0.407 e. The van der Waals surface area contributed by atoms with Gasteiger partial charge in [0.25, 0.3) is 0 Å². The normalized spacial score (nSPS) is 13.0. The van der Waals surface area contributed by atoms with Gasteiger partial charge in [0.2, 0.25) is 0 Å². The number of aryl methyl sites for hydroxylation is 1. The van der Waals surface area contributed by atoms with E-state index in [0.717, 1.165) is 19.4 Å². The smallest absolute Gasteiger partial charge is 0.407 e. The van der Waals surface area contributed by atoms with Crippen molar-refractivity contribution >= 4 is 17.4 Å². The molecular weight excluding hydrogens is 284 g/mol. The van der Waals surface area contributed by atoms with E-state index >= 15 is 0 Å². The molecule has 5 heteroatoms. The van der Waals surface area contributed by atoms with Crippen LogP contribution in [0.15, 0.2) is 12.1 Å². The quantitative estimate of drug-likeness (QED) is 0.804. The molecule has 1 amide bonds. The fourth-order valence-electron chi connectivity index (χ4n) is 1.97. The molecule has 4 nitrogen and oxygen atoms in total. The van der Waals surface area contributed by atoms with Crippen LogP contribution in [0, 0.1) is 6.92 Å². The fourth-order valence-corrected chi connectivity index (χ4v) is 2.81. The highest BCUT2D eigenvalue weighted by Gasteiger charge is 2.17. The highest BCUT2D eigenvalue weighted by molar-refractivity contribution is 7.11. The van der Waals surface area contributed by atoms with Gasteiger partial charge >= 0.3 is 6.09 Å². The Morgan fingerprint density at radius 3 is 2.62 bits per heavy atom. The standard InChI is InChI=1S/C16H28N2O2S/c1-6-7-13(10-18-15(19)20-16(3,4)5)17-11-14-9-8-12(2)21-14/h8-9,13,17H,6-7,10-11H2,1-5H3,(H,18,19). The summed E-state index contributed by atoms with van der Waals surface area (Å²) in [5.41, 5.74) is -0.452. The van der Waals surface area contributed by atoms with Gasteiger partial charge in [0.15, 0.2) is 0 Å². The molecule has 0 aliphatic heterocycles. The van der Waals surface area contributed by atoms with Gasteiger partial charge in [-0.2, -0.15) is 0 Å². The highest BCUT2D eigenvalue weighted by atomic mass is 32.1. The summed E-state index contributed by atoms with van der Waals surface area (Å²) in [6, 6.07) is 4.55. The Balaban J connectivity index is 2.37. The number of carbonyl (C=O) groups excluding carboxylic acids is 1. The second-order valence-corrected chi connectivity index (χ2v) is 7.63. The lowest BCUT2D eigenvalue weighted by molar-refractivity contribution is 0.0521. The Morgan fingerprint density at radius 1 is 1.38 bits per heavy atom. The van der Waals surface area contributed by atoms with E-state index in [1.54, 1.807) is 11.3 Å². The largest absolute Gasteiger partial charge is 0.444 e. The molecule has 0 saturated heterocycles. The summed E-state index contributed by atoms with van der Waals surface area (Å²) in [6.45, 7) is 11.3. The van der Waals surface area contributed by atoms with Crippen molar-refractivity contribution in [3.63, 3.8) is 0 Å². The summed E-state index contributed by atoms with van der Waals surface area (Å²) in [5.74, 6) is 0. The molecule has 21 heavy (non-hydrogen) atoms. The second kappa shape index (κ2) is 8.39. The zero-order valence-corrected chi connectivity index (χ0v) is 14.6. The lowest BCUT2D eigenvalue weighted by Gasteiger charge is -2.22. The average molecular weight is 312 g/mol. The zero-order valence-electron chi connectivity index (χ0n) is 13.8. The minimum absolute atomic E-state index is 0.268. The third-order valence-electron chi connectivity index (χ3n) is 2.89. The molecule has 0 saturated carbocycles. The Morgan fingerprint density at radius 2 is 2.10 bits per heavy atom. The number of hydrogen-bond donors (Lipinski definition) is 2. The summed E-state index contributed by atoms with van der Waals surface area (Å²) in [4.78, 5) is 14.3. The van der Waals surface area contributed by atoms with E-state index in [2.05, 4.69) is 36.6 Å². The van der Waals surface area contributed by atoms with E-state index in [1.807, 2.05) is 20.8 Å². The molecule has 120 valence electrons. The van der Waals surface area contributed by atoms with Crippen LogP contribution in [0.3, 0.4) is 0 Å². The molecule has 0 aliphatic carbocycles. The first-order chi connectivity index (χ1) is 9.80. The van der Waals surface area contributed by atoms with E-state index in [1.165, 1.54) is 9.75 Å². The van der Waals surface area contributed by atoms with Crippen molar-refractivity contribution in [2.24, 2.45) is 0 Å². The number of nitrogens with one attached hydrogen (secondary N) is 2. The van der Waals surface area contributed by atoms with Crippen LogP contribution in [0.5, 0.6) is 0 Å². The van der Waals surface area contributed by atoms with Gasteiger partial charge in [0.1, 0.15) is 5.60 Å². The van der Waals surface area contributed by atoms with Crippen LogP contribution >= 0.6 is 11.3 Å². The highest BCUT2D eigenvalue weighted by Crippen LogP contribution is 2.15. The minimum Gasteiger partial charge on any atom is -0.444 e. The zero-order chi connectivity index (χ0) is 15.9. The van der Waals surface area contributed by atoms with E-state index in [-0.39, 0.29) is 12.1 Å². The number of carbonyl (C=O) groups is 1. The first-order valence-corrected chi connectivity index (χ1v) is 8.37. The summed E-state index contributed by atoms with van der Waals surface area (Å²) in [5, 5.41) is 6.35. The summed E-state index contributed by atoms with van der Waals surface area (Å²) >= 11 is 1.81. The van der Waals surface area contributed by atoms with Gasteiger partial charge in [-0.15, -0.1) is 11.3 Å². The molecule has 0 bridgehead atoms. The Labute approximate surface area is 132 Å². The summed E-state index contributed by atoms with van der Waals surface area (Å²) < 4.78 is 5.26. The number of ether oxygens (including phenoxy) is 1. The van der Waals surface area contributed by atoms with Crippen LogP contribution in [0.2, 0.25) is 0 Å². The number of hydrogen-bond acceptors (Lipinski definition) is 4. The minimum atomic E-state index is -0.452. The monoisotopic (exact) mass is 312 g/mol. The number of rotatable bonds is 7. The van der Waals surface area contributed by atoms with E-state index in [4.69, 9.17) is 4.74 Å². The van der Waals surface area contributed by atoms with Crippen LogP contribution in [0.25, 0.3) is 0 Å². The molecule has 2 N–H and O–H groups in total. The van der Waals surface area contributed by atoms with Crippen LogP contribution < -0.4 is 10.6 Å². The third-order valence-corrected chi connectivity index (χ3v) is 3.89. The molecule has 1 rings (SSSR count). The SMILES string of the molecule is CCCC(CNC(=O)OC(C)(C)C)NCc1ccc(C)s1. The molecule has 0 fully saturated rings. The third kappa shape index (κ3) is 8.07. The number of alkyl carbamates (subject to hydrolysis) is 1. The average Bonchev–Trinajstić information content (AvgIpc) is 2.76. The van der Waals surface area contributed by atoms with Gasteiger partial charge < -0.3 is 15.4 Å². The van der Waals surface area contributed by atoms with Gasteiger partial charge in [-0.1, -0.05) is 13.3 Å². The lowest BCUT2D eigenvalue weighted by atomic mass is 10.1. The molecule has 0 aromatic carbocycles. The van der Waals surface area contributed by atoms with Gasteiger partial charge in [0.05, 0.1) is 0 Å². The number of thiophene rings is 1. The van der Waals surface area contributed by atoms with Crippen molar-refractivity contribution in [1.29, 1.82) is 0 Å². The van der Waals surface area contributed by atoms with Crippen molar-refractivity contribution < 1.29 is 9.53 Å². The van der Waals surface area contributed by atoms with Crippen molar-refractivity contribution in [2.75, 3.05) is 6.54 Å². The van der Waals surface area contributed by atoms with Crippen LogP contribution in [-0.4, -0.2) is 24.3 Å². The fraction of sp³-hybridized carbons (Fsp3) is 0.688. The topological polar surface area (TPSA) is 50.4 Å².